The quantitative estimate of drug-likeness (QED) is 0.540. The maximum absolute atomic E-state index is 11.3. The number of H-pyrrole nitrogens is 1. The fourth-order valence-electron chi connectivity index (χ4n) is 3.21. The van der Waals surface area contributed by atoms with Gasteiger partial charge in [0.15, 0.2) is 0 Å². The molecule has 0 spiro atoms. The van der Waals surface area contributed by atoms with Gasteiger partial charge in [0.2, 0.25) is 5.91 Å². The number of nitrogens with zero attached hydrogens (tertiary/aromatic N) is 1. The normalized spacial score (nSPS) is 10.8. The number of pyridine rings is 1. The third kappa shape index (κ3) is 3.09. The molecule has 2 aromatic carbocycles. The summed E-state index contributed by atoms with van der Waals surface area (Å²) in [6.07, 6.45) is 1.80. The molecule has 0 aliphatic rings. The molecule has 0 saturated heterocycles. The summed E-state index contributed by atoms with van der Waals surface area (Å²) >= 11 is 0. The first-order valence-corrected chi connectivity index (χ1v) is 8.53. The Morgan fingerprint density at radius 2 is 1.81 bits per heavy atom. The number of hydrogen-bond donors (Lipinski definition) is 2. The van der Waals surface area contributed by atoms with E-state index in [1.54, 1.807) is 6.20 Å². The van der Waals surface area contributed by atoms with E-state index in [1.807, 2.05) is 30.3 Å². The van der Waals surface area contributed by atoms with Crippen molar-refractivity contribution in [3.05, 3.63) is 72.4 Å². The molecule has 128 valence electrons. The second kappa shape index (κ2) is 6.48. The Balaban J connectivity index is 1.83. The van der Waals surface area contributed by atoms with Gasteiger partial charge in [-0.05, 0) is 53.9 Å². The van der Waals surface area contributed by atoms with E-state index < -0.39 is 0 Å². The lowest BCUT2D eigenvalue weighted by atomic mass is 10.0. The summed E-state index contributed by atoms with van der Waals surface area (Å²) in [7, 11) is 0. The van der Waals surface area contributed by atoms with Gasteiger partial charge in [0.05, 0.1) is 0 Å². The molecule has 4 rings (SSSR count). The fraction of sp³-hybridized carbons (Fsp3) is 0.0909. The molecular weight excluding hydrogens is 322 g/mol. The van der Waals surface area contributed by atoms with E-state index >= 15 is 0 Å². The Labute approximate surface area is 151 Å². The van der Waals surface area contributed by atoms with Crippen molar-refractivity contribution in [1.29, 1.82) is 0 Å². The van der Waals surface area contributed by atoms with Crippen LogP contribution < -0.4 is 5.32 Å². The molecule has 0 fully saturated rings. The second-order valence-corrected chi connectivity index (χ2v) is 6.44. The van der Waals surface area contributed by atoms with Crippen LogP contribution in [0.4, 0.5) is 5.69 Å². The standard InChI is InChI=1S/C22H19N3O/c1-14-5-3-7-17(11-14)21-13-20-19(9-10-23-22(20)25-21)16-6-4-8-18(12-16)24-15(2)26/h3-13H,1-2H3,(H,23,25)(H,24,26). The fourth-order valence-corrected chi connectivity index (χ4v) is 3.21. The number of hydrogen-bond acceptors (Lipinski definition) is 2. The van der Waals surface area contributed by atoms with Gasteiger partial charge in [-0.25, -0.2) is 4.98 Å². The molecular formula is C22H19N3O. The van der Waals surface area contributed by atoms with E-state index in [4.69, 9.17) is 0 Å². The van der Waals surface area contributed by atoms with E-state index in [0.29, 0.717) is 0 Å². The lowest BCUT2D eigenvalue weighted by Gasteiger charge is -2.07. The summed E-state index contributed by atoms with van der Waals surface area (Å²) < 4.78 is 0. The Morgan fingerprint density at radius 3 is 2.62 bits per heavy atom. The zero-order chi connectivity index (χ0) is 18.1. The average Bonchev–Trinajstić information content (AvgIpc) is 3.05. The predicted molar refractivity (Wildman–Crippen MR) is 106 cm³/mol. The molecule has 2 heterocycles. The zero-order valence-electron chi connectivity index (χ0n) is 14.7. The van der Waals surface area contributed by atoms with Crippen molar-refractivity contribution in [2.24, 2.45) is 0 Å². The van der Waals surface area contributed by atoms with Gasteiger partial charge in [-0.2, -0.15) is 0 Å². The van der Waals surface area contributed by atoms with Crippen LogP contribution in [0.3, 0.4) is 0 Å². The minimum Gasteiger partial charge on any atom is -0.339 e. The molecule has 0 atom stereocenters. The minimum absolute atomic E-state index is 0.0783. The molecule has 0 unspecified atom stereocenters. The van der Waals surface area contributed by atoms with Gasteiger partial charge in [-0.1, -0.05) is 35.9 Å². The SMILES string of the molecule is CC(=O)Nc1cccc(-c2ccnc3[nH]c(-c4cccc(C)c4)cc23)c1. The molecule has 0 aliphatic heterocycles. The lowest BCUT2D eigenvalue weighted by Crippen LogP contribution is -2.05. The Hall–Kier alpha value is -3.40. The number of aromatic nitrogens is 2. The van der Waals surface area contributed by atoms with Crippen molar-refractivity contribution in [3.63, 3.8) is 0 Å². The van der Waals surface area contributed by atoms with Crippen molar-refractivity contribution >= 4 is 22.6 Å². The Morgan fingerprint density at radius 1 is 1.00 bits per heavy atom. The van der Waals surface area contributed by atoms with Crippen LogP contribution in [-0.4, -0.2) is 15.9 Å². The third-order valence-corrected chi connectivity index (χ3v) is 4.35. The first-order chi connectivity index (χ1) is 12.6. The van der Waals surface area contributed by atoms with Gasteiger partial charge in [0.25, 0.3) is 0 Å². The average molecular weight is 341 g/mol. The Kier molecular flexibility index (Phi) is 4.01. The number of carbonyl (C=O) groups excluding carboxylic acids is 1. The van der Waals surface area contributed by atoms with Crippen LogP contribution in [0.15, 0.2) is 66.9 Å². The number of amides is 1. The molecule has 0 saturated carbocycles. The van der Waals surface area contributed by atoms with E-state index in [-0.39, 0.29) is 5.91 Å². The van der Waals surface area contributed by atoms with Crippen LogP contribution in [0.25, 0.3) is 33.4 Å². The molecule has 4 aromatic rings. The van der Waals surface area contributed by atoms with Crippen LogP contribution in [0, 0.1) is 6.92 Å². The van der Waals surface area contributed by atoms with Crippen LogP contribution >= 0.6 is 0 Å². The van der Waals surface area contributed by atoms with Gasteiger partial charge < -0.3 is 10.3 Å². The number of nitrogens with one attached hydrogen (secondary N) is 2. The second-order valence-electron chi connectivity index (χ2n) is 6.44. The number of aryl methyl sites for hydroxylation is 1. The summed E-state index contributed by atoms with van der Waals surface area (Å²) in [5.41, 5.74) is 7.16. The van der Waals surface area contributed by atoms with Crippen LogP contribution in [0.1, 0.15) is 12.5 Å². The molecule has 26 heavy (non-hydrogen) atoms. The number of benzene rings is 2. The van der Waals surface area contributed by atoms with E-state index in [9.17, 15) is 4.79 Å². The van der Waals surface area contributed by atoms with E-state index in [0.717, 1.165) is 39.1 Å². The molecule has 4 heteroatoms. The smallest absolute Gasteiger partial charge is 0.221 e. The molecule has 2 N–H and O–H groups in total. The summed E-state index contributed by atoms with van der Waals surface area (Å²) in [6.45, 7) is 3.60. The lowest BCUT2D eigenvalue weighted by molar-refractivity contribution is -0.114. The molecule has 2 aromatic heterocycles. The number of rotatable bonds is 3. The van der Waals surface area contributed by atoms with Crippen molar-refractivity contribution in [1.82, 2.24) is 9.97 Å². The summed E-state index contributed by atoms with van der Waals surface area (Å²) in [6, 6.07) is 20.4. The molecule has 1 amide bonds. The van der Waals surface area contributed by atoms with Crippen molar-refractivity contribution in [2.75, 3.05) is 5.32 Å². The Bertz CT molecular complexity index is 1110. The summed E-state index contributed by atoms with van der Waals surface area (Å²) in [5, 5.41) is 3.90. The molecule has 0 aliphatic carbocycles. The van der Waals surface area contributed by atoms with Crippen LogP contribution in [-0.2, 0) is 4.79 Å². The van der Waals surface area contributed by atoms with Gasteiger partial charge in [-0.15, -0.1) is 0 Å². The highest BCUT2D eigenvalue weighted by molar-refractivity contribution is 5.97. The largest absolute Gasteiger partial charge is 0.339 e. The van der Waals surface area contributed by atoms with Crippen molar-refractivity contribution in [2.45, 2.75) is 13.8 Å². The summed E-state index contributed by atoms with van der Waals surface area (Å²) in [4.78, 5) is 19.2. The number of carbonyl (C=O) groups is 1. The predicted octanol–water partition coefficient (Wildman–Crippen LogP) is 5.16. The molecule has 0 radical (unpaired) electrons. The van der Waals surface area contributed by atoms with Gasteiger partial charge in [-0.3, -0.25) is 4.79 Å². The highest BCUT2D eigenvalue weighted by Gasteiger charge is 2.10. The van der Waals surface area contributed by atoms with Crippen LogP contribution in [0.5, 0.6) is 0 Å². The number of aromatic amines is 1. The highest BCUT2D eigenvalue weighted by atomic mass is 16.1. The number of fused-ring (bicyclic) bond motifs is 1. The maximum Gasteiger partial charge on any atom is 0.221 e. The molecule has 4 nitrogen and oxygen atoms in total. The van der Waals surface area contributed by atoms with Crippen molar-refractivity contribution in [3.8, 4) is 22.4 Å². The molecule has 0 bridgehead atoms. The maximum atomic E-state index is 11.3. The highest BCUT2D eigenvalue weighted by Crippen LogP contribution is 2.32. The van der Waals surface area contributed by atoms with Gasteiger partial charge >= 0.3 is 0 Å². The van der Waals surface area contributed by atoms with Crippen LogP contribution in [0.2, 0.25) is 0 Å². The van der Waals surface area contributed by atoms with Crippen molar-refractivity contribution < 1.29 is 4.79 Å². The van der Waals surface area contributed by atoms with E-state index in [2.05, 4.69) is 52.5 Å². The van der Waals surface area contributed by atoms with E-state index in [1.165, 1.54) is 12.5 Å². The topological polar surface area (TPSA) is 57.8 Å². The third-order valence-electron chi connectivity index (χ3n) is 4.35. The van der Waals surface area contributed by atoms with Gasteiger partial charge in [0, 0.05) is 29.9 Å². The first-order valence-electron chi connectivity index (χ1n) is 8.53. The summed E-state index contributed by atoms with van der Waals surface area (Å²) in [5.74, 6) is -0.0783. The minimum atomic E-state index is -0.0783. The first kappa shape index (κ1) is 16.1. The monoisotopic (exact) mass is 341 g/mol. The van der Waals surface area contributed by atoms with Gasteiger partial charge in [0.1, 0.15) is 5.65 Å². The number of anilines is 1. The zero-order valence-corrected chi connectivity index (χ0v) is 14.7.